The Balaban J connectivity index is 1.58. The summed E-state index contributed by atoms with van der Waals surface area (Å²) in [4.78, 5) is 13.8. The van der Waals surface area contributed by atoms with Crippen LogP contribution in [-0.2, 0) is 22.4 Å². The van der Waals surface area contributed by atoms with E-state index in [0.29, 0.717) is 29.2 Å². The molecule has 0 saturated carbocycles. The van der Waals surface area contributed by atoms with Crippen molar-refractivity contribution in [3.8, 4) is 17.2 Å². The second-order valence-electron chi connectivity index (χ2n) is 9.78. The first-order valence-corrected chi connectivity index (χ1v) is 12.4. The van der Waals surface area contributed by atoms with Crippen LogP contribution in [0.2, 0.25) is 0 Å². The number of ketones is 1. The molecule has 35 heavy (non-hydrogen) atoms. The summed E-state index contributed by atoms with van der Waals surface area (Å²) in [7, 11) is 4.78. The third-order valence-electron chi connectivity index (χ3n) is 8.05. The van der Waals surface area contributed by atoms with Crippen LogP contribution in [0.3, 0.4) is 0 Å². The van der Waals surface area contributed by atoms with E-state index in [1.807, 2.05) is 12.1 Å². The highest BCUT2D eigenvalue weighted by Gasteiger charge is 2.62. The Kier molecular flexibility index (Phi) is 6.04. The first-order valence-electron chi connectivity index (χ1n) is 12.4. The molecule has 0 aromatic heterocycles. The molecule has 2 aromatic rings. The number of rotatable bonds is 7. The van der Waals surface area contributed by atoms with Gasteiger partial charge in [-0.2, -0.15) is 0 Å². The van der Waals surface area contributed by atoms with Crippen LogP contribution in [0, 0.1) is 18.8 Å². The summed E-state index contributed by atoms with van der Waals surface area (Å²) in [6.07, 6.45) is 1.82. The molecule has 1 aliphatic carbocycles. The average Bonchev–Trinajstić information content (AvgIpc) is 3.53. The molecule has 2 fully saturated rings. The number of hydrogen-bond acceptors (Lipinski definition) is 6. The fourth-order valence-electron chi connectivity index (χ4n) is 6.57. The molecule has 0 radical (unpaired) electrons. The molecule has 5 rings (SSSR count). The smallest absolute Gasteiger partial charge is 0.203 e. The molecule has 1 N–H and O–H groups in total. The molecule has 3 aliphatic rings. The van der Waals surface area contributed by atoms with Gasteiger partial charge in [-0.25, -0.2) is 0 Å². The van der Waals surface area contributed by atoms with Crippen LogP contribution in [-0.4, -0.2) is 44.4 Å². The van der Waals surface area contributed by atoms with Gasteiger partial charge in [0.25, 0.3) is 0 Å². The predicted octanol–water partition coefficient (Wildman–Crippen LogP) is 5.18. The van der Waals surface area contributed by atoms with E-state index >= 15 is 0 Å². The van der Waals surface area contributed by atoms with E-state index in [0.717, 1.165) is 35.1 Å². The Morgan fingerprint density at radius 1 is 0.943 bits per heavy atom. The quantitative estimate of drug-likeness (QED) is 0.591. The number of methoxy groups -OCH3 is 3. The van der Waals surface area contributed by atoms with Crippen molar-refractivity contribution in [3.63, 3.8) is 0 Å². The maximum absolute atomic E-state index is 13.8. The topological polar surface area (TPSA) is 74.2 Å². The van der Waals surface area contributed by atoms with Crippen molar-refractivity contribution in [2.45, 2.75) is 58.2 Å². The molecule has 2 saturated heterocycles. The lowest BCUT2D eigenvalue weighted by Gasteiger charge is -2.28. The Labute approximate surface area is 206 Å². The molecule has 5 atom stereocenters. The third-order valence-corrected chi connectivity index (χ3v) is 8.05. The summed E-state index contributed by atoms with van der Waals surface area (Å²) >= 11 is 0. The van der Waals surface area contributed by atoms with Gasteiger partial charge in [-0.15, -0.1) is 0 Å². The van der Waals surface area contributed by atoms with Crippen LogP contribution in [0.15, 0.2) is 30.0 Å². The number of allylic oxidation sites excluding steroid dienone is 1. The number of ether oxygens (including phenoxy) is 4. The number of aliphatic hydroxyl groups is 1. The summed E-state index contributed by atoms with van der Waals surface area (Å²) in [6.45, 7) is 6.28. The van der Waals surface area contributed by atoms with E-state index in [4.69, 9.17) is 18.9 Å². The molecule has 186 valence electrons. The summed E-state index contributed by atoms with van der Waals surface area (Å²) in [5.74, 6) is 1.28. The van der Waals surface area contributed by atoms with Crippen molar-refractivity contribution in [1.82, 2.24) is 0 Å². The van der Waals surface area contributed by atoms with Crippen molar-refractivity contribution in [2.75, 3.05) is 21.3 Å². The number of aryl methyl sites for hydroxylation is 3. The van der Waals surface area contributed by atoms with Crippen molar-refractivity contribution < 1.29 is 28.8 Å². The van der Waals surface area contributed by atoms with Gasteiger partial charge in [0.2, 0.25) is 5.75 Å². The van der Waals surface area contributed by atoms with Crippen molar-refractivity contribution in [1.29, 1.82) is 0 Å². The van der Waals surface area contributed by atoms with E-state index < -0.39 is 0 Å². The van der Waals surface area contributed by atoms with E-state index in [2.05, 4.69) is 32.9 Å². The lowest BCUT2D eigenvalue weighted by molar-refractivity contribution is -0.118. The van der Waals surface area contributed by atoms with E-state index in [1.165, 1.54) is 5.56 Å². The van der Waals surface area contributed by atoms with Gasteiger partial charge < -0.3 is 24.1 Å². The molecule has 2 aromatic carbocycles. The highest BCUT2D eigenvalue weighted by Crippen LogP contribution is 2.59. The largest absolute Gasteiger partial charge is 0.511 e. The van der Waals surface area contributed by atoms with Gasteiger partial charge in [-0.1, -0.05) is 31.5 Å². The molecule has 6 heteroatoms. The first-order chi connectivity index (χ1) is 16.9. The second-order valence-corrected chi connectivity index (χ2v) is 9.78. The Morgan fingerprint density at radius 3 is 2.06 bits per heavy atom. The minimum atomic E-state index is -0.337. The highest BCUT2D eigenvalue weighted by atomic mass is 16.5. The number of carbonyl (C=O) groups is 1. The number of carbonyl (C=O) groups excluding carboxylic acids is 1. The van der Waals surface area contributed by atoms with Gasteiger partial charge >= 0.3 is 0 Å². The predicted molar refractivity (Wildman–Crippen MR) is 134 cm³/mol. The normalized spacial score (nSPS) is 26.9. The standard InChI is InChI=1S/C29H34O6/c1-7-15-9-14(3)10-16(8-2)22(15)24-26(30)23-19-13-18(28(35-19)25(23)27(24)31)17-11-20(32-4)29(34-6)21(12-17)33-5/h9-12,18-19,23,25,28,31H,7-8,13H2,1-6H3/t18-,19-,23-,25+,28+/m0/s1. The van der Waals surface area contributed by atoms with Gasteiger partial charge in [-0.05, 0) is 60.6 Å². The molecular weight excluding hydrogens is 444 g/mol. The van der Waals surface area contributed by atoms with Crippen molar-refractivity contribution in [3.05, 3.63) is 57.8 Å². The van der Waals surface area contributed by atoms with E-state index in [-0.39, 0.29) is 41.5 Å². The minimum absolute atomic E-state index is 0.0126. The maximum Gasteiger partial charge on any atom is 0.203 e. The van der Waals surface area contributed by atoms with Gasteiger partial charge in [0.15, 0.2) is 17.3 Å². The van der Waals surface area contributed by atoms with Gasteiger partial charge in [0, 0.05) is 5.92 Å². The average molecular weight is 479 g/mol. The van der Waals surface area contributed by atoms with Crippen LogP contribution in [0.1, 0.15) is 54.0 Å². The highest BCUT2D eigenvalue weighted by molar-refractivity contribution is 6.26. The molecule has 2 bridgehead atoms. The summed E-state index contributed by atoms with van der Waals surface area (Å²) in [6, 6.07) is 8.18. The molecule has 0 spiro atoms. The van der Waals surface area contributed by atoms with E-state index in [1.54, 1.807) is 21.3 Å². The number of hydrogen-bond donors (Lipinski definition) is 1. The summed E-state index contributed by atoms with van der Waals surface area (Å²) in [5.41, 5.74) is 5.85. The Hall–Kier alpha value is -2.99. The van der Waals surface area contributed by atoms with Crippen LogP contribution >= 0.6 is 0 Å². The van der Waals surface area contributed by atoms with Gasteiger partial charge in [0.1, 0.15) is 5.76 Å². The lowest BCUT2D eigenvalue weighted by Crippen LogP contribution is -2.33. The zero-order valence-electron chi connectivity index (χ0n) is 21.3. The Morgan fingerprint density at radius 2 is 1.54 bits per heavy atom. The molecule has 6 nitrogen and oxygen atoms in total. The number of benzene rings is 2. The fraction of sp³-hybridized carbons (Fsp3) is 0.483. The Bertz CT molecular complexity index is 1160. The van der Waals surface area contributed by atoms with Crippen LogP contribution in [0.5, 0.6) is 17.2 Å². The van der Waals surface area contributed by atoms with Crippen LogP contribution in [0.4, 0.5) is 0 Å². The molecular formula is C29H34O6. The second kappa shape index (κ2) is 8.90. The summed E-state index contributed by atoms with van der Waals surface area (Å²) < 4.78 is 22.9. The lowest BCUT2D eigenvalue weighted by atomic mass is 9.72. The maximum atomic E-state index is 13.8. The van der Waals surface area contributed by atoms with Gasteiger partial charge in [-0.3, -0.25) is 4.79 Å². The zero-order chi connectivity index (χ0) is 25.0. The summed E-state index contributed by atoms with van der Waals surface area (Å²) in [5, 5.41) is 11.6. The fourth-order valence-corrected chi connectivity index (χ4v) is 6.57. The van der Waals surface area contributed by atoms with E-state index in [9.17, 15) is 9.90 Å². The van der Waals surface area contributed by atoms with Crippen LogP contribution < -0.4 is 14.2 Å². The first kappa shape index (κ1) is 23.7. The minimum Gasteiger partial charge on any atom is -0.511 e. The van der Waals surface area contributed by atoms with Gasteiger partial charge in [0.05, 0.1) is 50.9 Å². The van der Waals surface area contributed by atoms with Crippen LogP contribution in [0.25, 0.3) is 5.57 Å². The van der Waals surface area contributed by atoms with Crippen molar-refractivity contribution in [2.24, 2.45) is 11.8 Å². The number of aliphatic hydroxyl groups excluding tert-OH is 1. The molecule has 2 heterocycles. The number of fused-ring (bicyclic) bond motifs is 5. The SMILES string of the molecule is CCc1cc(C)cc(CC)c1C1=C(O)[C@@H]2[C@@H]3O[C@@H](C[C@H]3c3cc(OC)c(OC)c(OC)c3)[C@@H]2C1=O. The molecule has 2 aliphatic heterocycles. The zero-order valence-corrected chi connectivity index (χ0v) is 21.3. The third kappa shape index (κ3) is 3.45. The molecule has 0 amide bonds. The number of Topliss-reactive ketones (excluding diaryl/α,β-unsaturated/α-hetero) is 1. The molecule has 0 unspecified atom stereocenters. The van der Waals surface area contributed by atoms with Crippen molar-refractivity contribution >= 4 is 11.4 Å². The monoisotopic (exact) mass is 478 g/mol.